The Balaban J connectivity index is 1.57. The largest absolute Gasteiger partial charge is 0.460 e. The smallest absolute Gasteiger partial charge is 0.306 e. The minimum atomic E-state index is -0.922. The Morgan fingerprint density at radius 3 is 2.45 bits per heavy atom. The van der Waals surface area contributed by atoms with Crippen LogP contribution in [0.5, 0.6) is 0 Å². The Bertz CT molecular complexity index is 1350. The van der Waals surface area contributed by atoms with Gasteiger partial charge in [0.1, 0.15) is 11.6 Å². The molecule has 1 aliphatic rings. The maximum atomic E-state index is 13.2. The summed E-state index contributed by atoms with van der Waals surface area (Å²) in [5, 5.41) is 9.20. The number of aromatic nitrogens is 2. The molecule has 3 N–H and O–H groups in total. The van der Waals surface area contributed by atoms with Gasteiger partial charge < -0.3 is 25.0 Å². The molecule has 0 bridgehead atoms. The van der Waals surface area contributed by atoms with Crippen LogP contribution in [0.1, 0.15) is 55.1 Å². The second kappa shape index (κ2) is 10.8. The van der Waals surface area contributed by atoms with Crippen LogP contribution >= 0.6 is 0 Å². The number of aliphatic hydroxyl groups is 1. The number of carbonyl (C=O) groups is 3. The maximum Gasteiger partial charge on any atom is 0.306 e. The molecule has 2 heterocycles. The number of imidazole rings is 1. The van der Waals surface area contributed by atoms with Crippen LogP contribution in [-0.4, -0.2) is 55.6 Å². The third kappa shape index (κ3) is 5.78. The van der Waals surface area contributed by atoms with Crippen molar-refractivity contribution in [3.05, 3.63) is 65.5 Å². The molecule has 4 rings (SSSR count). The lowest BCUT2D eigenvalue weighted by atomic mass is 10.00. The van der Waals surface area contributed by atoms with Crippen LogP contribution in [0.25, 0.3) is 22.5 Å². The zero-order valence-electron chi connectivity index (χ0n) is 22.2. The highest BCUT2D eigenvalue weighted by molar-refractivity contribution is 6.01. The molecule has 0 saturated carbocycles. The predicted molar refractivity (Wildman–Crippen MR) is 143 cm³/mol. The highest BCUT2D eigenvalue weighted by atomic mass is 16.6. The fraction of sp³-hybridized carbons (Fsp3) is 0.379. The van der Waals surface area contributed by atoms with E-state index in [9.17, 15) is 19.5 Å². The monoisotopic (exact) mass is 518 g/mol. The number of primary amides is 1. The number of hydrogen-bond donors (Lipinski definition) is 2. The van der Waals surface area contributed by atoms with Crippen molar-refractivity contribution >= 4 is 17.8 Å². The van der Waals surface area contributed by atoms with Gasteiger partial charge in [0.2, 0.25) is 5.91 Å². The van der Waals surface area contributed by atoms with E-state index in [0.29, 0.717) is 12.0 Å². The number of nitrogens with two attached hydrogens (primary N) is 1. The fourth-order valence-corrected chi connectivity index (χ4v) is 4.78. The molecular weight excluding hydrogens is 484 g/mol. The third-order valence-electron chi connectivity index (χ3n) is 6.52. The molecule has 2 aromatic carbocycles. The summed E-state index contributed by atoms with van der Waals surface area (Å²) < 4.78 is 7.28. The van der Waals surface area contributed by atoms with Gasteiger partial charge in [-0.2, -0.15) is 0 Å². The fourth-order valence-electron chi connectivity index (χ4n) is 4.78. The number of esters is 1. The number of aliphatic hydroxyl groups excluding tert-OH is 1. The Morgan fingerprint density at radius 2 is 1.82 bits per heavy atom. The molecule has 0 spiro atoms. The Labute approximate surface area is 222 Å². The molecule has 0 fully saturated rings. The molecule has 9 heteroatoms. The van der Waals surface area contributed by atoms with Crippen LogP contribution in [0, 0.1) is 0 Å². The molecule has 9 nitrogen and oxygen atoms in total. The zero-order chi connectivity index (χ0) is 27.6. The highest BCUT2D eigenvalue weighted by Crippen LogP contribution is 2.35. The summed E-state index contributed by atoms with van der Waals surface area (Å²) in [4.78, 5) is 43.8. The van der Waals surface area contributed by atoms with E-state index >= 15 is 0 Å². The molecular formula is C29H34N4O5. The number of amides is 2. The third-order valence-corrected chi connectivity index (χ3v) is 6.52. The van der Waals surface area contributed by atoms with Crippen molar-refractivity contribution in [3.8, 4) is 22.5 Å². The Morgan fingerprint density at radius 1 is 1.13 bits per heavy atom. The lowest BCUT2D eigenvalue weighted by Crippen LogP contribution is -2.45. The van der Waals surface area contributed by atoms with E-state index in [0.717, 1.165) is 33.6 Å². The van der Waals surface area contributed by atoms with E-state index in [1.54, 1.807) is 33.2 Å². The van der Waals surface area contributed by atoms with Gasteiger partial charge in [-0.3, -0.25) is 14.4 Å². The van der Waals surface area contributed by atoms with Crippen LogP contribution in [0.2, 0.25) is 0 Å². The van der Waals surface area contributed by atoms with E-state index < -0.39 is 23.5 Å². The second-order valence-corrected chi connectivity index (χ2v) is 10.6. The lowest BCUT2D eigenvalue weighted by Gasteiger charge is -2.25. The van der Waals surface area contributed by atoms with Crippen LogP contribution in [0.3, 0.4) is 0 Å². The number of ether oxygens (including phenoxy) is 1. The summed E-state index contributed by atoms with van der Waals surface area (Å²) in [6.07, 6.45) is 2.41. The van der Waals surface area contributed by atoms with Gasteiger partial charge in [-0.05, 0) is 56.9 Å². The standard InChI is InChI=1S/C29H34N4O5/c1-29(2,3)38-24(35)12-11-23(27(30)36)33-16-21-15-20(9-10-22(21)28(33)37)25-26(32(4)17-31-25)19-7-5-18(6-8-19)13-14-34/h5-10,15,17,23,34H,11-14,16H2,1-4H3,(H2,30,36). The molecule has 1 aliphatic heterocycles. The van der Waals surface area contributed by atoms with Gasteiger partial charge in [0.25, 0.3) is 5.91 Å². The lowest BCUT2D eigenvalue weighted by molar-refractivity contribution is -0.155. The van der Waals surface area contributed by atoms with Crippen molar-refractivity contribution in [3.63, 3.8) is 0 Å². The summed E-state index contributed by atoms with van der Waals surface area (Å²) >= 11 is 0. The first-order chi connectivity index (χ1) is 18.0. The number of rotatable bonds is 9. The molecule has 1 aromatic heterocycles. The SMILES string of the molecule is Cn1cnc(-c2ccc3c(c2)CN(C(CCC(=O)OC(C)(C)C)C(N)=O)C3=O)c1-c1ccc(CCO)cc1. The van der Waals surface area contributed by atoms with Crippen LogP contribution in [0.15, 0.2) is 48.8 Å². The quantitative estimate of drug-likeness (QED) is 0.419. The summed E-state index contributed by atoms with van der Waals surface area (Å²) in [6.45, 7) is 5.62. The zero-order valence-corrected chi connectivity index (χ0v) is 22.2. The van der Waals surface area contributed by atoms with E-state index in [1.165, 1.54) is 4.90 Å². The second-order valence-electron chi connectivity index (χ2n) is 10.6. The van der Waals surface area contributed by atoms with Gasteiger partial charge in [-0.15, -0.1) is 0 Å². The van der Waals surface area contributed by atoms with E-state index in [-0.39, 0.29) is 31.9 Å². The van der Waals surface area contributed by atoms with Crippen LogP contribution in [-0.2, 0) is 34.3 Å². The van der Waals surface area contributed by atoms with Crippen molar-refractivity contribution < 1.29 is 24.2 Å². The number of benzene rings is 2. The van der Waals surface area contributed by atoms with Gasteiger partial charge in [0, 0.05) is 43.3 Å². The van der Waals surface area contributed by atoms with E-state index in [1.807, 2.05) is 48.0 Å². The topological polar surface area (TPSA) is 128 Å². The highest BCUT2D eigenvalue weighted by Gasteiger charge is 2.36. The first kappa shape index (κ1) is 27.1. The molecule has 1 atom stereocenters. The molecule has 0 radical (unpaired) electrons. The van der Waals surface area contributed by atoms with Gasteiger partial charge in [0.15, 0.2) is 0 Å². The van der Waals surface area contributed by atoms with Crippen molar-refractivity contribution in [2.75, 3.05) is 6.61 Å². The molecule has 1 unspecified atom stereocenters. The van der Waals surface area contributed by atoms with Gasteiger partial charge in [0.05, 0.1) is 17.7 Å². The predicted octanol–water partition coefficient (Wildman–Crippen LogP) is 3.22. The summed E-state index contributed by atoms with van der Waals surface area (Å²) in [6, 6.07) is 12.6. The molecule has 2 amide bonds. The summed E-state index contributed by atoms with van der Waals surface area (Å²) in [5.74, 6) is -1.39. The number of nitrogens with zero attached hydrogens (tertiary/aromatic N) is 3. The molecule has 38 heavy (non-hydrogen) atoms. The first-order valence-electron chi connectivity index (χ1n) is 12.7. The van der Waals surface area contributed by atoms with E-state index in [4.69, 9.17) is 10.5 Å². The Kier molecular flexibility index (Phi) is 7.68. The first-order valence-corrected chi connectivity index (χ1v) is 12.7. The van der Waals surface area contributed by atoms with Crippen molar-refractivity contribution in [2.24, 2.45) is 12.8 Å². The molecule has 0 saturated heterocycles. The average molecular weight is 519 g/mol. The summed E-state index contributed by atoms with van der Waals surface area (Å²) in [7, 11) is 1.92. The van der Waals surface area contributed by atoms with Crippen molar-refractivity contribution in [1.29, 1.82) is 0 Å². The molecule has 200 valence electrons. The summed E-state index contributed by atoms with van der Waals surface area (Å²) in [5.41, 5.74) is 10.9. The van der Waals surface area contributed by atoms with Crippen LogP contribution < -0.4 is 5.73 Å². The van der Waals surface area contributed by atoms with E-state index in [2.05, 4.69) is 4.98 Å². The van der Waals surface area contributed by atoms with Gasteiger partial charge >= 0.3 is 5.97 Å². The molecule has 3 aromatic rings. The number of carbonyl (C=O) groups excluding carboxylic acids is 3. The van der Waals surface area contributed by atoms with Crippen molar-refractivity contribution in [1.82, 2.24) is 14.5 Å². The number of fused-ring (bicyclic) bond motifs is 1. The molecule has 0 aliphatic carbocycles. The average Bonchev–Trinajstić information content (AvgIpc) is 3.38. The minimum absolute atomic E-state index is 0.0232. The maximum absolute atomic E-state index is 13.2. The van der Waals surface area contributed by atoms with Crippen molar-refractivity contribution in [2.45, 2.75) is 58.2 Å². The number of hydrogen-bond acceptors (Lipinski definition) is 6. The van der Waals surface area contributed by atoms with Gasteiger partial charge in [-0.25, -0.2) is 4.98 Å². The Hall–Kier alpha value is -3.98. The minimum Gasteiger partial charge on any atom is -0.460 e. The van der Waals surface area contributed by atoms with Crippen LogP contribution in [0.4, 0.5) is 0 Å². The van der Waals surface area contributed by atoms with Gasteiger partial charge in [-0.1, -0.05) is 30.3 Å². The number of aryl methyl sites for hydroxylation is 1. The normalized spacial score (nSPS) is 13.9.